The van der Waals surface area contributed by atoms with Crippen molar-refractivity contribution in [2.24, 2.45) is 0 Å². The molecule has 0 aliphatic heterocycles. The van der Waals surface area contributed by atoms with E-state index in [0.29, 0.717) is 12.8 Å². The van der Waals surface area contributed by atoms with E-state index in [0.717, 1.165) is 19.3 Å². The maximum atomic E-state index is 12.9. The van der Waals surface area contributed by atoms with Crippen molar-refractivity contribution in [3.63, 3.8) is 0 Å². The molecule has 0 aromatic heterocycles. The summed E-state index contributed by atoms with van der Waals surface area (Å²) >= 11 is 0. The molecule has 0 radical (unpaired) electrons. The maximum Gasteiger partial charge on any atom is 0.428 e. The van der Waals surface area contributed by atoms with Crippen molar-refractivity contribution in [3.8, 4) is 0 Å². The van der Waals surface area contributed by atoms with Gasteiger partial charge in [0.1, 0.15) is 0 Å². The fourth-order valence-corrected chi connectivity index (χ4v) is 3.79. The fraction of sp³-hybridized carbons (Fsp3) is 0.957. The third-order valence-electron chi connectivity index (χ3n) is 5.53. The summed E-state index contributed by atoms with van der Waals surface area (Å²) in [7, 11) is -6.04. The average Bonchev–Trinajstić information content (AvgIpc) is 2.71. The number of carbonyl (C=O) groups excluding carboxylic acids is 1. The normalized spacial score (nSPS) is 12.3. The Bertz CT molecular complexity index is 538. The Morgan fingerprint density at radius 3 is 1.26 bits per heavy atom. The highest BCUT2D eigenvalue weighted by Gasteiger charge is 2.48. The van der Waals surface area contributed by atoms with Gasteiger partial charge in [0.2, 0.25) is 0 Å². The Morgan fingerprint density at radius 2 is 0.968 bits per heavy atom. The van der Waals surface area contributed by atoms with E-state index in [2.05, 4.69) is 11.7 Å². The van der Waals surface area contributed by atoms with Crippen LogP contribution in [0.4, 0.5) is 8.78 Å². The summed E-state index contributed by atoms with van der Waals surface area (Å²) in [6.45, 7) is 1.95. The number of alkyl halides is 2. The zero-order valence-corrected chi connectivity index (χ0v) is 20.2. The molecule has 0 fully saturated rings. The van der Waals surface area contributed by atoms with Gasteiger partial charge in [-0.25, -0.2) is 13.2 Å². The van der Waals surface area contributed by atoms with Crippen LogP contribution in [-0.4, -0.2) is 30.8 Å². The van der Waals surface area contributed by atoms with Crippen LogP contribution in [0.25, 0.3) is 0 Å². The van der Waals surface area contributed by atoms with Gasteiger partial charge in [0.15, 0.2) is 10.1 Å². The van der Waals surface area contributed by atoms with Crippen LogP contribution in [0.1, 0.15) is 129 Å². The van der Waals surface area contributed by atoms with Gasteiger partial charge in [0.05, 0.1) is 6.61 Å². The summed E-state index contributed by atoms with van der Waals surface area (Å²) in [4.78, 5) is 11.0. The van der Waals surface area contributed by atoms with Crippen LogP contribution in [0, 0.1) is 0 Å². The summed E-state index contributed by atoms with van der Waals surface area (Å²) < 4.78 is 60.9. The van der Waals surface area contributed by atoms with Crippen LogP contribution < -0.4 is 0 Å². The van der Waals surface area contributed by atoms with Crippen molar-refractivity contribution in [3.05, 3.63) is 0 Å². The van der Waals surface area contributed by atoms with Crippen molar-refractivity contribution in [1.29, 1.82) is 0 Å². The van der Waals surface area contributed by atoms with Crippen molar-refractivity contribution < 1.29 is 31.3 Å². The van der Waals surface area contributed by atoms with Gasteiger partial charge in [-0.3, -0.25) is 0 Å². The zero-order chi connectivity index (χ0) is 23.4. The largest absolute Gasteiger partial charge is 0.743 e. The highest BCUT2D eigenvalue weighted by molar-refractivity contribution is 7.87. The maximum absolute atomic E-state index is 12.9. The molecule has 0 saturated heterocycles. The molecular formula is C23H43F2O5S-. The molecule has 0 spiro atoms. The zero-order valence-electron chi connectivity index (χ0n) is 19.3. The minimum Gasteiger partial charge on any atom is -0.743 e. The number of unbranched alkanes of at least 4 members (excludes halogenated alkanes) is 18. The van der Waals surface area contributed by atoms with E-state index in [1.165, 1.54) is 89.9 Å². The summed E-state index contributed by atoms with van der Waals surface area (Å²) in [5.41, 5.74) is 0. The van der Waals surface area contributed by atoms with Crippen LogP contribution in [0.5, 0.6) is 0 Å². The van der Waals surface area contributed by atoms with E-state index >= 15 is 0 Å². The molecule has 0 amide bonds. The minimum absolute atomic E-state index is 0.303. The van der Waals surface area contributed by atoms with Crippen molar-refractivity contribution in [2.45, 2.75) is 134 Å². The molecule has 0 atom stereocenters. The molecule has 8 heteroatoms. The topological polar surface area (TPSA) is 83.5 Å². The molecule has 186 valence electrons. The van der Waals surface area contributed by atoms with Gasteiger partial charge >= 0.3 is 11.2 Å². The number of carbonyl (C=O) groups is 1. The lowest BCUT2D eigenvalue weighted by atomic mass is 10.0. The van der Waals surface area contributed by atoms with E-state index in [1.807, 2.05) is 0 Å². The second-order valence-corrected chi connectivity index (χ2v) is 9.89. The molecule has 0 saturated carbocycles. The first kappa shape index (κ1) is 30.2. The van der Waals surface area contributed by atoms with E-state index in [4.69, 9.17) is 0 Å². The molecule has 0 aromatic rings. The molecule has 0 aliphatic carbocycles. The van der Waals surface area contributed by atoms with Crippen LogP contribution in [-0.2, 0) is 19.6 Å². The lowest BCUT2D eigenvalue weighted by molar-refractivity contribution is -0.161. The first-order valence-electron chi connectivity index (χ1n) is 12.2. The van der Waals surface area contributed by atoms with Crippen molar-refractivity contribution in [1.82, 2.24) is 0 Å². The number of hydrogen-bond donors (Lipinski definition) is 0. The van der Waals surface area contributed by atoms with Gasteiger partial charge in [0, 0.05) is 0 Å². The predicted octanol–water partition coefficient (Wildman–Crippen LogP) is 7.10. The number of halogens is 2. The Balaban J connectivity index is 3.30. The Morgan fingerprint density at radius 1 is 0.677 bits per heavy atom. The van der Waals surface area contributed by atoms with Crippen LogP contribution >= 0.6 is 0 Å². The fourth-order valence-electron chi connectivity index (χ4n) is 3.53. The van der Waals surface area contributed by atoms with E-state index in [-0.39, 0.29) is 6.61 Å². The lowest BCUT2D eigenvalue weighted by Gasteiger charge is -2.17. The number of esters is 1. The number of rotatable bonds is 22. The van der Waals surface area contributed by atoms with Gasteiger partial charge in [-0.15, -0.1) is 0 Å². The van der Waals surface area contributed by atoms with Gasteiger partial charge < -0.3 is 9.29 Å². The van der Waals surface area contributed by atoms with E-state index < -0.39 is 21.3 Å². The molecule has 0 unspecified atom stereocenters. The molecule has 5 nitrogen and oxygen atoms in total. The highest BCUT2D eigenvalue weighted by atomic mass is 32.2. The predicted molar refractivity (Wildman–Crippen MR) is 119 cm³/mol. The summed E-state index contributed by atoms with van der Waals surface area (Å²) in [6, 6.07) is 0. The second kappa shape index (κ2) is 18.8. The third-order valence-corrected chi connectivity index (χ3v) is 6.33. The average molecular weight is 470 g/mol. The SMILES string of the molecule is CCCCCCCCCCCCCCCCCCCCCOC(=O)C(F)(F)S(=O)(=O)[O-]. The number of hydrogen-bond acceptors (Lipinski definition) is 5. The minimum atomic E-state index is -6.04. The van der Waals surface area contributed by atoms with Crippen LogP contribution in [0.15, 0.2) is 0 Å². The molecule has 31 heavy (non-hydrogen) atoms. The van der Waals surface area contributed by atoms with Gasteiger partial charge in [-0.1, -0.05) is 122 Å². The molecule has 0 aromatic carbocycles. The van der Waals surface area contributed by atoms with Crippen molar-refractivity contribution in [2.75, 3.05) is 6.61 Å². The van der Waals surface area contributed by atoms with Crippen molar-refractivity contribution >= 4 is 16.1 Å². The number of ether oxygens (including phenoxy) is 1. The smallest absolute Gasteiger partial charge is 0.428 e. The molecule has 0 aliphatic rings. The first-order valence-corrected chi connectivity index (χ1v) is 13.6. The van der Waals surface area contributed by atoms with Crippen LogP contribution in [0.3, 0.4) is 0 Å². The molecule has 0 N–H and O–H groups in total. The first-order chi connectivity index (χ1) is 14.7. The van der Waals surface area contributed by atoms with Gasteiger partial charge in [0.25, 0.3) is 0 Å². The van der Waals surface area contributed by atoms with Gasteiger partial charge in [-0.2, -0.15) is 8.78 Å². The summed E-state index contributed by atoms with van der Waals surface area (Å²) in [5, 5.41) is -5.01. The molecule has 0 bridgehead atoms. The van der Waals surface area contributed by atoms with Crippen LogP contribution in [0.2, 0.25) is 0 Å². The lowest BCUT2D eigenvalue weighted by Crippen LogP contribution is -2.39. The Kier molecular flexibility index (Phi) is 18.3. The Labute approximate surface area is 188 Å². The Hall–Kier alpha value is -0.760. The summed E-state index contributed by atoms with van der Waals surface area (Å²) in [6.07, 6.45) is 22.9. The molecule has 0 rings (SSSR count). The van der Waals surface area contributed by atoms with E-state index in [1.54, 1.807) is 0 Å². The monoisotopic (exact) mass is 469 g/mol. The molecular weight excluding hydrogens is 426 g/mol. The standard InChI is InChI=1S/C23H44F2O5S/c1-2-3-4-5-6-7-8-9-10-11-12-13-14-15-16-17-18-19-20-21-30-22(26)23(24,25)31(27,28)29/h2-21H2,1H3,(H,27,28,29)/p-1. The molecule has 0 heterocycles. The second-order valence-electron chi connectivity index (χ2n) is 8.47. The highest BCUT2D eigenvalue weighted by Crippen LogP contribution is 2.22. The third kappa shape index (κ3) is 16.5. The summed E-state index contributed by atoms with van der Waals surface area (Å²) in [5.74, 6) is -2.29. The quantitative estimate of drug-likeness (QED) is 0.0959. The van der Waals surface area contributed by atoms with E-state index in [9.17, 15) is 26.5 Å². The van der Waals surface area contributed by atoms with Gasteiger partial charge in [-0.05, 0) is 6.42 Å².